The minimum absolute atomic E-state index is 0.0730. The second-order valence-corrected chi connectivity index (χ2v) is 6.48. The molecule has 5 heteroatoms. The maximum absolute atomic E-state index is 13.1. The maximum Gasteiger partial charge on any atom is 0.235 e. The zero-order valence-corrected chi connectivity index (χ0v) is 14.0. The second kappa shape index (κ2) is 6.91. The van der Waals surface area contributed by atoms with Crippen molar-refractivity contribution in [3.05, 3.63) is 64.1 Å². The Morgan fingerprint density at radius 3 is 2.43 bits per heavy atom. The van der Waals surface area contributed by atoms with Gasteiger partial charge in [-0.1, -0.05) is 53.5 Å². The monoisotopic (exact) mass is 349 g/mol. The molecule has 0 spiro atoms. The number of hydrogen-bond acceptors (Lipinski definition) is 2. The van der Waals surface area contributed by atoms with Gasteiger partial charge in [-0.3, -0.25) is 4.79 Å². The van der Waals surface area contributed by atoms with E-state index in [4.69, 9.17) is 27.9 Å². The fraction of sp³-hybridized carbons (Fsp3) is 0.278. The van der Waals surface area contributed by atoms with Crippen LogP contribution in [-0.4, -0.2) is 19.1 Å². The molecule has 1 fully saturated rings. The van der Waals surface area contributed by atoms with Crippen LogP contribution >= 0.6 is 23.2 Å². The summed E-state index contributed by atoms with van der Waals surface area (Å²) in [6.07, 6.45) is 1.28. The van der Waals surface area contributed by atoms with Crippen molar-refractivity contribution in [1.29, 1.82) is 0 Å². The fourth-order valence-corrected chi connectivity index (χ4v) is 3.30. The molecule has 1 aliphatic rings. The lowest BCUT2D eigenvalue weighted by atomic mass is 9.73. The van der Waals surface area contributed by atoms with Crippen LogP contribution in [0.1, 0.15) is 18.4 Å². The zero-order valence-electron chi connectivity index (χ0n) is 12.5. The van der Waals surface area contributed by atoms with Crippen LogP contribution in [0.5, 0.6) is 0 Å². The highest BCUT2D eigenvalue weighted by Gasteiger charge is 2.41. The van der Waals surface area contributed by atoms with E-state index in [1.165, 1.54) is 0 Å². The second-order valence-electron chi connectivity index (χ2n) is 5.64. The lowest BCUT2D eigenvalue weighted by Crippen LogP contribution is -2.44. The lowest BCUT2D eigenvalue weighted by molar-refractivity contribution is -0.125. The number of ether oxygens (including phenoxy) is 1. The molecule has 0 aliphatic carbocycles. The van der Waals surface area contributed by atoms with Gasteiger partial charge in [-0.25, -0.2) is 0 Å². The molecular formula is C18H17Cl2NO2. The van der Waals surface area contributed by atoms with Gasteiger partial charge < -0.3 is 10.1 Å². The predicted octanol–water partition coefficient (Wildman–Crippen LogP) is 4.68. The number of hydrogen-bond donors (Lipinski definition) is 1. The summed E-state index contributed by atoms with van der Waals surface area (Å²) in [7, 11) is 0. The molecule has 0 unspecified atom stereocenters. The third-order valence-electron chi connectivity index (χ3n) is 4.28. The molecule has 2 aromatic carbocycles. The molecule has 120 valence electrons. The highest BCUT2D eigenvalue weighted by molar-refractivity contribution is 6.35. The minimum Gasteiger partial charge on any atom is -0.381 e. The van der Waals surface area contributed by atoms with Gasteiger partial charge in [0.25, 0.3) is 0 Å². The average molecular weight is 350 g/mol. The molecule has 0 atom stereocenters. The Morgan fingerprint density at radius 1 is 1.04 bits per heavy atom. The van der Waals surface area contributed by atoms with E-state index in [1.807, 2.05) is 30.3 Å². The van der Waals surface area contributed by atoms with Crippen molar-refractivity contribution in [2.45, 2.75) is 18.3 Å². The topological polar surface area (TPSA) is 38.3 Å². The Bertz CT molecular complexity index is 697. The van der Waals surface area contributed by atoms with E-state index < -0.39 is 5.41 Å². The highest BCUT2D eigenvalue weighted by Crippen LogP contribution is 2.37. The number of anilines is 1. The smallest absolute Gasteiger partial charge is 0.235 e. The number of halogens is 2. The van der Waals surface area contributed by atoms with Crippen molar-refractivity contribution >= 4 is 34.8 Å². The fourth-order valence-electron chi connectivity index (χ4n) is 2.96. The summed E-state index contributed by atoms with van der Waals surface area (Å²) in [6, 6.07) is 14.9. The maximum atomic E-state index is 13.1. The zero-order chi connectivity index (χ0) is 16.3. The first-order valence-electron chi connectivity index (χ1n) is 7.52. The van der Waals surface area contributed by atoms with Gasteiger partial charge in [0.1, 0.15) is 0 Å². The van der Waals surface area contributed by atoms with Crippen LogP contribution < -0.4 is 5.32 Å². The standard InChI is InChI=1S/C18H17Cl2NO2/c19-14-6-7-15(20)16(12-14)21-17(22)18(8-10-23-11-9-18)13-4-2-1-3-5-13/h1-7,12H,8-11H2,(H,21,22). The number of carbonyl (C=O) groups is 1. The Balaban J connectivity index is 1.94. The average Bonchev–Trinajstić information content (AvgIpc) is 2.59. The van der Waals surface area contributed by atoms with E-state index in [1.54, 1.807) is 18.2 Å². The Kier molecular flexibility index (Phi) is 4.90. The number of carbonyl (C=O) groups excluding carboxylic acids is 1. The molecule has 3 nitrogen and oxygen atoms in total. The van der Waals surface area contributed by atoms with Crippen LogP contribution in [0.3, 0.4) is 0 Å². The predicted molar refractivity (Wildman–Crippen MR) is 93.3 cm³/mol. The minimum atomic E-state index is -0.606. The van der Waals surface area contributed by atoms with Crippen molar-refractivity contribution in [1.82, 2.24) is 0 Å². The molecule has 3 rings (SSSR count). The molecule has 0 radical (unpaired) electrons. The van der Waals surface area contributed by atoms with E-state index in [-0.39, 0.29) is 5.91 Å². The Hall–Kier alpha value is -1.55. The number of rotatable bonds is 3. The van der Waals surface area contributed by atoms with Crippen LogP contribution in [0.25, 0.3) is 0 Å². The van der Waals surface area contributed by atoms with Gasteiger partial charge in [-0.15, -0.1) is 0 Å². The summed E-state index contributed by atoms with van der Waals surface area (Å²) >= 11 is 12.2. The molecule has 1 amide bonds. The molecule has 0 aromatic heterocycles. The molecule has 0 saturated carbocycles. The van der Waals surface area contributed by atoms with Crippen molar-refractivity contribution in [3.8, 4) is 0 Å². The van der Waals surface area contributed by atoms with Gasteiger partial charge in [0.15, 0.2) is 0 Å². The third-order valence-corrected chi connectivity index (χ3v) is 4.85. The molecule has 1 N–H and O–H groups in total. The van der Waals surface area contributed by atoms with Crippen LogP contribution in [-0.2, 0) is 14.9 Å². The van der Waals surface area contributed by atoms with Crippen LogP contribution in [0.4, 0.5) is 5.69 Å². The van der Waals surface area contributed by atoms with Crippen LogP contribution in [0.2, 0.25) is 10.0 Å². The van der Waals surface area contributed by atoms with Gasteiger partial charge in [-0.2, -0.15) is 0 Å². The van der Waals surface area contributed by atoms with Gasteiger partial charge >= 0.3 is 0 Å². The molecule has 0 bridgehead atoms. The summed E-state index contributed by atoms with van der Waals surface area (Å²) in [5, 5.41) is 3.95. The first-order chi connectivity index (χ1) is 11.1. The van der Waals surface area contributed by atoms with Crippen molar-refractivity contribution in [2.24, 2.45) is 0 Å². The Morgan fingerprint density at radius 2 is 1.74 bits per heavy atom. The molecule has 1 aliphatic heterocycles. The summed E-state index contributed by atoms with van der Waals surface area (Å²) in [6.45, 7) is 1.12. The van der Waals surface area contributed by atoms with Crippen molar-refractivity contribution < 1.29 is 9.53 Å². The van der Waals surface area contributed by atoms with Crippen molar-refractivity contribution in [2.75, 3.05) is 18.5 Å². The first-order valence-corrected chi connectivity index (χ1v) is 8.27. The van der Waals surface area contributed by atoms with E-state index in [0.29, 0.717) is 41.8 Å². The molecule has 23 heavy (non-hydrogen) atoms. The summed E-state index contributed by atoms with van der Waals surface area (Å²) in [4.78, 5) is 13.1. The largest absolute Gasteiger partial charge is 0.381 e. The normalized spacial score (nSPS) is 16.8. The third kappa shape index (κ3) is 3.37. The molecule has 1 saturated heterocycles. The molecule has 1 heterocycles. The number of benzene rings is 2. The number of nitrogens with one attached hydrogen (secondary N) is 1. The molecule has 2 aromatic rings. The van der Waals surface area contributed by atoms with Gasteiger partial charge in [-0.05, 0) is 36.6 Å². The van der Waals surface area contributed by atoms with Crippen LogP contribution in [0, 0.1) is 0 Å². The quantitative estimate of drug-likeness (QED) is 0.873. The SMILES string of the molecule is O=C(Nc1cc(Cl)ccc1Cl)C1(c2ccccc2)CCOCC1. The summed E-state index contributed by atoms with van der Waals surface area (Å²) in [5.41, 5.74) is 0.926. The van der Waals surface area contributed by atoms with Gasteiger partial charge in [0, 0.05) is 18.2 Å². The van der Waals surface area contributed by atoms with E-state index in [9.17, 15) is 4.79 Å². The van der Waals surface area contributed by atoms with E-state index >= 15 is 0 Å². The highest BCUT2D eigenvalue weighted by atomic mass is 35.5. The first kappa shape index (κ1) is 16.3. The number of amides is 1. The van der Waals surface area contributed by atoms with E-state index in [0.717, 1.165) is 5.56 Å². The van der Waals surface area contributed by atoms with Gasteiger partial charge in [0.05, 0.1) is 16.1 Å². The van der Waals surface area contributed by atoms with Crippen molar-refractivity contribution in [3.63, 3.8) is 0 Å². The van der Waals surface area contributed by atoms with Crippen LogP contribution in [0.15, 0.2) is 48.5 Å². The molecular weight excluding hydrogens is 333 g/mol. The Labute approximate surface area is 145 Å². The van der Waals surface area contributed by atoms with E-state index in [2.05, 4.69) is 5.32 Å². The van der Waals surface area contributed by atoms with Gasteiger partial charge in [0.2, 0.25) is 5.91 Å². The lowest BCUT2D eigenvalue weighted by Gasteiger charge is -2.36. The summed E-state index contributed by atoms with van der Waals surface area (Å²) < 4.78 is 5.46. The summed E-state index contributed by atoms with van der Waals surface area (Å²) in [5.74, 6) is -0.0730.